The van der Waals surface area contributed by atoms with Crippen LogP contribution in [0.25, 0.3) is 0 Å². The van der Waals surface area contributed by atoms with Gasteiger partial charge in [0.15, 0.2) is 0 Å². The molecule has 0 radical (unpaired) electrons. The van der Waals surface area contributed by atoms with E-state index in [1.807, 2.05) is 0 Å². The van der Waals surface area contributed by atoms with E-state index in [-0.39, 0.29) is 5.91 Å². The van der Waals surface area contributed by atoms with Crippen LogP contribution in [0.1, 0.15) is 45.4 Å². The van der Waals surface area contributed by atoms with E-state index in [4.69, 9.17) is 0 Å². The molecule has 0 aliphatic rings. The number of amides is 1. The summed E-state index contributed by atoms with van der Waals surface area (Å²) in [6, 6.07) is 0. The predicted molar refractivity (Wildman–Crippen MR) is 65.3 cm³/mol. The minimum atomic E-state index is 0.161. The molecule has 0 saturated heterocycles. The number of alkyl halides is 1. The second-order valence-corrected chi connectivity index (χ2v) is 4.01. The minimum Gasteiger partial charge on any atom is -0.355 e. The first-order valence-electron chi connectivity index (χ1n) is 5.14. The highest BCUT2D eigenvalue weighted by atomic mass is 127. The first kappa shape index (κ1) is 13.2. The molecule has 0 heterocycles. The quantitative estimate of drug-likeness (QED) is 0.416. The van der Waals surface area contributed by atoms with Crippen LogP contribution in [0.4, 0.5) is 0 Å². The van der Waals surface area contributed by atoms with E-state index < -0.39 is 0 Å². The third kappa shape index (κ3) is 10.1. The van der Waals surface area contributed by atoms with E-state index in [0.29, 0.717) is 4.43 Å². The van der Waals surface area contributed by atoms with Gasteiger partial charge in [0, 0.05) is 6.54 Å². The first-order chi connectivity index (χ1) is 6.31. The molecule has 0 aromatic rings. The highest BCUT2D eigenvalue weighted by Crippen LogP contribution is 2.03. The predicted octanol–water partition coefficient (Wildman–Crippen LogP) is 2.90. The maximum atomic E-state index is 10.8. The molecule has 0 aromatic heterocycles. The maximum Gasteiger partial charge on any atom is 0.229 e. The summed E-state index contributed by atoms with van der Waals surface area (Å²) in [7, 11) is 0. The number of halogens is 1. The molecule has 2 nitrogen and oxygen atoms in total. The third-order valence-corrected chi connectivity index (χ3v) is 2.67. The van der Waals surface area contributed by atoms with E-state index >= 15 is 0 Å². The molecule has 0 fully saturated rings. The Kier molecular flexibility index (Phi) is 10.4. The third-order valence-electron chi connectivity index (χ3n) is 1.97. The zero-order valence-electron chi connectivity index (χ0n) is 8.44. The molecule has 0 unspecified atom stereocenters. The summed E-state index contributed by atoms with van der Waals surface area (Å²) in [5.41, 5.74) is 0. The van der Waals surface area contributed by atoms with Crippen molar-refractivity contribution in [2.45, 2.75) is 45.4 Å². The second-order valence-electron chi connectivity index (χ2n) is 3.25. The molecule has 3 heteroatoms. The van der Waals surface area contributed by atoms with Gasteiger partial charge in [-0.3, -0.25) is 4.79 Å². The van der Waals surface area contributed by atoms with Gasteiger partial charge in [0.2, 0.25) is 5.91 Å². The average Bonchev–Trinajstić information content (AvgIpc) is 2.16. The van der Waals surface area contributed by atoms with Crippen LogP contribution in [0.2, 0.25) is 0 Å². The number of rotatable bonds is 8. The van der Waals surface area contributed by atoms with Gasteiger partial charge in [-0.15, -0.1) is 0 Å². The Labute approximate surface area is 95.0 Å². The summed E-state index contributed by atoms with van der Waals surface area (Å²) in [6.45, 7) is 3.08. The Morgan fingerprint density at radius 1 is 1.15 bits per heavy atom. The van der Waals surface area contributed by atoms with Gasteiger partial charge in [0.25, 0.3) is 0 Å². The van der Waals surface area contributed by atoms with Crippen molar-refractivity contribution in [1.82, 2.24) is 5.32 Å². The standard InChI is InChI=1S/C10H20INO/c1-2-3-4-5-6-7-8-12-10(13)9-11/h2-9H2,1H3,(H,12,13). The second kappa shape index (κ2) is 10.3. The maximum absolute atomic E-state index is 10.8. The van der Waals surface area contributed by atoms with Crippen molar-refractivity contribution in [1.29, 1.82) is 0 Å². The van der Waals surface area contributed by atoms with Gasteiger partial charge >= 0.3 is 0 Å². The molecule has 0 bridgehead atoms. The minimum absolute atomic E-state index is 0.161. The Balaban J connectivity index is 2.95. The molecule has 0 aliphatic heterocycles. The Hall–Kier alpha value is 0.200. The topological polar surface area (TPSA) is 29.1 Å². The van der Waals surface area contributed by atoms with Crippen molar-refractivity contribution in [3.05, 3.63) is 0 Å². The lowest BCUT2D eigenvalue weighted by atomic mass is 10.1. The van der Waals surface area contributed by atoms with Crippen LogP contribution < -0.4 is 5.32 Å². The summed E-state index contributed by atoms with van der Waals surface area (Å²) in [6.07, 6.45) is 7.68. The first-order valence-corrected chi connectivity index (χ1v) is 6.66. The van der Waals surface area contributed by atoms with Crippen LogP contribution in [0.5, 0.6) is 0 Å². The van der Waals surface area contributed by atoms with Gasteiger partial charge in [-0.2, -0.15) is 0 Å². The Morgan fingerprint density at radius 2 is 1.77 bits per heavy atom. The highest BCUT2D eigenvalue weighted by Gasteiger charge is 1.95. The van der Waals surface area contributed by atoms with E-state index in [0.717, 1.165) is 13.0 Å². The number of hydrogen-bond acceptors (Lipinski definition) is 1. The van der Waals surface area contributed by atoms with Gasteiger partial charge < -0.3 is 5.32 Å². The number of hydrogen-bond donors (Lipinski definition) is 1. The molecule has 0 rings (SSSR count). The normalized spacial score (nSPS) is 10.0. The van der Waals surface area contributed by atoms with Crippen LogP contribution in [0.15, 0.2) is 0 Å². The van der Waals surface area contributed by atoms with Crippen LogP contribution in [-0.2, 0) is 4.79 Å². The fourth-order valence-corrected chi connectivity index (χ4v) is 1.45. The van der Waals surface area contributed by atoms with Gasteiger partial charge in [0.1, 0.15) is 0 Å². The van der Waals surface area contributed by atoms with Crippen molar-refractivity contribution in [2.75, 3.05) is 11.0 Å². The summed E-state index contributed by atoms with van der Waals surface area (Å²) >= 11 is 2.08. The van der Waals surface area contributed by atoms with E-state index in [2.05, 4.69) is 34.8 Å². The molecule has 1 N–H and O–H groups in total. The summed E-state index contributed by atoms with van der Waals surface area (Å²) in [5, 5.41) is 2.88. The molecule has 0 aromatic carbocycles. The van der Waals surface area contributed by atoms with Crippen LogP contribution >= 0.6 is 22.6 Å². The van der Waals surface area contributed by atoms with Crippen LogP contribution in [0.3, 0.4) is 0 Å². The molecule has 13 heavy (non-hydrogen) atoms. The van der Waals surface area contributed by atoms with E-state index in [1.165, 1.54) is 32.1 Å². The highest BCUT2D eigenvalue weighted by molar-refractivity contribution is 14.1. The largest absolute Gasteiger partial charge is 0.355 e. The fraction of sp³-hybridized carbons (Fsp3) is 0.900. The van der Waals surface area contributed by atoms with Crippen LogP contribution in [0, 0.1) is 0 Å². The summed E-state index contributed by atoms with van der Waals surface area (Å²) < 4.78 is 0.577. The summed E-state index contributed by atoms with van der Waals surface area (Å²) in [4.78, 5) is 10.8. The lowest BCUT2D eigenvalue weighted by Crippen LogP contribution is -2.25. The molecule has 0 aliphatic carbocycles. The lowest BCUT2D eigenvalue weighted by molar-refractivity contribution is -0.118. The van der Waals surface area contributed by atoms with Crippen LogP contribution in [-0.4, -0.2) is 16.9 Å². The number of carbonyl (C=O) groups excluding carboxylic acids is 1. The summed E-state index contributed by atoms with van der Waals surface area (Å²) in [5.74, 6) is 0.161. The molecular weight excluding hydrogens is 277 g/mol. The van der Waals surface area contributed by atoms with Gasteiger partial charge in [0.05, 0.1) is 4.43 Å². The SMILES string of the molecule is CCCCCCCCNC(=O)CI. The Bertz CT molecular complexity index is 128. The number of carbonyl (C=O) groups is 1. The molecule has 1 amide bonds. The molecule has 0 spiro atoms. The Morgan fingerprint density at radius 3 is 2.38 bits per heavy atom. The number of nitrogens with one attached hydrogen (secondary N) is 1. The lowest BCUT2D eigenvalue weighted by Gasteiger charge is -2.02. The molecule has 0 saturated carbocycles. The molecule has 78 valence electrons. The van der Waals surface area contributed by atoms with Crippen molar-refractivity contribution >= 4 is 28.5 Å². The van der Waals surface area contributed by atoms with Crippen molar-refractivity contribution in [2.24, 2.45) is 0 Å². The van der Waals surface area contributed by atoms with Gasteiger partial charge in [-0.05, 0) is 6.42 Å². The smallest absolute Gasteiger partial charge is 0.229 e. The van der Waals surface area contributed by atoms with Gasteiger partial charge in [-0.1, -0.05) is 61.6 Å². The van der Waals surface area contributed by atoms with E-state index in [9.17, 15) is 4.79 Å². The zero-order valence-corrected chi connectivity index (χ0v) is 10.6. The van der Waals surface area contributed by atoms with E-state index in [1.54, 1.807) is 0 Å². The monoisotopic (exact) mass is 297 g/mol. The van der Waals surface area contributed by atoms with Crippen molar-refractivity contribution in [3.63, 3.8) is 0 Å². The molecular formula is C10H20INO. The fourth-order valence-electron chi connectivity index (χ4n) is 1.18. The molecule has 0 atom stereocenters. The average molecular weight is 297 g/mol. The zero-order chi connectivity index (χ0) is 9.94. The van der Waals surface area contributed by atoms with Gasteiger partial charge in [-0.25, -0.2) is 0 Å². The van der Waals surface area contributed by atoms with Crippen molar-refractivity contribution in [3.8, 4) is 0 Å². The van der Waals surface area contributed by atoms with Crippen molar-refractivity contribution < 1.29 is 4.79 Å². The number of unbranched alkanes of at least 4 members (excludes halogenated alkanes) is 5.